The first-order chi connectivity index (χ1) is 24.0. The quantitative estimate of drug-likeness (QED) is 0.0920. The number of hydrogen-bond donors (Lipinski definition) is 3. The molecule has 11 heteroatoms. The van der Waals surface area contributed by atoms with Gasteiger partial charge >= 0.3 is 17.9 Å². The van der Waals surface area contributed by atoms with Gasteiger partial charge < -0.3 is 39.0 Å². The van der Waals surface area contributed by atoms with Crippen molar-refractivity contribution in [3.05, 3.63) is 89.0 Å². The molecule has 0 aromatic heterocycles. The van der Waals surface area contributed by atoms with Crippen molar-refractivity contribution in [2.45, 2.75) is 65.7 Å². The van der Waals surface area contributed by atoms with Gasteiger partial charge in [0.25, 0.3) is 0 Å². The predicted molar refractivity (Wildman–Crippen MR) is 192 cm³/mol. The molecule has 0 saturated heterocycles. The van der Waals surface area contributed by atoms with Gasteiger partial charge in [0.15, 0.2) is 0 Å². The molecule has 0 aliphatic rings. The van der Waals surface area contributed by atoms with E-state index in [1.807, 2.05) is 6.07 Å². The van der Waals surface area contributed by atoms with E-state index in [1.165, 1.54) is 50.7 Å². The molecule has 0 aliphatic heterocycles. The maximum absolute atomic E-state index is 11.1. The van der Waals surface area contributed by atoms with Crippen molar-refractivity contribution in [2.75, 3.05) is 47.3 Å². The zero-order valence-corrected chi connectivity index (χ0v) is 30.0. The molecule has 50 heavy (non-hydrogen) atoms. The number of aryl methyl sites for hydroxylation is 1. The minimum Gasteiger partial charge on any atom is -0.492 e. The normalized spacial score (nSPS) is 10.8. The highest BCUT2D eigenvalue weighted by atomic mass is 16.5. The van der Waals surface area contributed by atoms with Crippen LogP contribution in [-0.2, 0) is 9.47 Å². The SMILES string of the molecule is CCCCCCCCC(C)COc1ccccc1C(=O)O.COCCOc1cc(OCCOC)cc(C(=O)O)c1.Cc1ccccc1C(=O)O. The van der Waals surface area contributed by atoms with E-state index in [0.717, 1.165) is 12.0 Å². The van der Waals surface area contributed by atoms with Gasteiger partial charge in [0, 0.05) is 20.3 Å². The van der Waals surface area contributed by atoms with Crippen molar-refractivity contribution in [1.82, 2.24) is 0 Å². The van der Waals surface area contributed by atoms with Crippen LogP contribution in [0.25, 0.3) is 0 Å². The van der Waals surface area contributed by atoms with Crippen LogP contribution in [0.5, 0.6) is 17.2 Å². The molecule has 1 atom stereocenters. The lowest BCUT2D eigenvalue weighted by Crippen LogP contribution is -2.11. The topological polar surface area (TPSA) is 158 Å². The molecule has 1 unspecified atom stereocenters. The van der Waals surface area contributed by atoms with Crippen LogP contribution >= 0.6 is 0 Å². The lowest BCUT2D eigenvalue weighted by molar-refractivity contribution is 0.0681. The Morgan fingerprint density at radius 2 is 1.16 bits per heavy atom. The van der Waals surface area contributed by atoms with E-state index in [2.05, 4.69) is 13.8 Å². The summed E-state index contributed by atoms with van der Waals surface area (Å²) in [5.41, 5.74) is 1.53. The molecule has 0 saturated carbocycles. The maximum atomic E-state index is 11.1. The molecule has 3 N–H and O–H groups in total. The first-order valence-corrected chi connectivity index (χ1v) is 16.9. The van der Waals surface area contributed by atoms with Gasteiger partial charge in [0.2, 0.25) is 0 Å². The van der Waals surface area contributed by atoms with Gasteiger partial charge in [0.05, 0.1) is 30.9 Å². The fourth-order valence-electron chi connectivity index (χ4n) is 4.52. The Hall–Kier alpha value is -4.61. The van der Waals surface area contributed by atoms with Crippen molar-refractivity contribution in [2.24, 2.45) is 5.92 Å². The van der Waals surface area contributed by atoms with Gasteiger partial charge in [-0.2, -0.15) is 0 Å². The number of carbonyl (C=O) groups is 3. The average molecular weight is 699 g/mol. The molecule has 0 bridgehead atoms. The fraction of sp³-hybridized carbons (Fsp3) is 0.462. The van der Waals surface area contributed by atoms with E-state index in [9.17, 15) is 14.4 Å². The molecule has 0 radical (unpaired) electrons. The van der Waals surface area contributed by atoms with Crippen LogP contribution in [-0.4, -0.2) is 80.5 Å². The van der Waals surface area contributed by atoms with E-state index in [0.29, 0.717) is 61.8 Å². The van der Waals surface area contributed by atoms with Crippen LogP contribution in [0.2, 0.25) is 0 Å². The lowest BCUT2D eigenvalue weighted by Gasteiger charge is -2.14. The highest BCUT2D eigenvalue weighted by molar-refractivity contribution is 5.91. The van der Waals surface area contributed by atoms with Gasteiger partial charge in [-0.15, -0.1) is 0 Å². The molecular formula is C39H54O11. The molecule has 0 spiro atoms. The largest absolute Gasteiger partial charge is 0.492 e. The van der Waals surface area contributed by atoms with E-state index < -0.39 is 17.9 Å². The number of benzene rings is 3. The molecule has 0 aliphatic carbocycles. The summed E-state index contributed by atoms with van der Waals surface area (Å²) in [4.78, 5) is 32.5. The summed E-state index contributed by atoms with van der Waals surface area (Å²) in [6.07, 6.45) is 8.95. The molecule has 0 amide bonds. The number of unbranched alkanes of at least 4 members (excludes halogenated alkanes) is 5. The number of rotatable bonds is 21. The van der Waals surface area contributed by atoms with Crippen molar-refractivity contribution in [3.63, 3.8) is 0 Å². The summed E-state index contributed by atoms with van der Waals surface area (Å²) in [5.74, 6) is -1.03. The predicted octanol–water partition coefficient (Wildman–Crippen LogP) is 8.28. The molecule has 3 aromatic rings. The summed E-state index contributed by atoms with van der Waals surface area (Å²) < 4.78 is 26.2. The lowest BCUT2D eigenvalue weighted by atomic mass is 10.0. The highest BCUT2D eigenvalue weighted by Crippen LogP contribution is 2.23. The Kier molecular flexibility index (Phi) is 22.8. The smallest absolute Gasteiger partial charge is 0.339 e. The molecule has 0 fully saturated rings. The molecular weight excluding hydrogens is 644 g/mol. The summed E-state index contributed by atoms with van der Waals surface area (Å²) in [7, 11) is 3.13. The second kappa shape index (κ2) is 26.3. The summed E-state index contributed by atoms with van der Waals surface area (Å²) in [5, 5.41) is 26.7. The first-order valence-electron chi connectivity index (χ1n) is 16.9. The van der Waals surface area contributed by atoms with Crippen molar-refractivity contribution >= 4 is 17.9 Å². The average Bonchev–Trinajstić information content (AvgIpc) is 3.10. The van der Waals surface area contributed by atoms with E-state index in [4.69, 9.17) is 39.0 Å². The fourth-order valence-corrected chi connectivity index (χ4v) is 4.52. The summed E-state index contributed by atoms with van der Waals surface area (Å²) in [6, 6.07) is 18.3. The molecule has 276 valence electrons. The van der Waals surface area contributed by atoms with E-state index in [-0.39, 0.29) is 11.1 Å². The highest BCUT2D eigenvalue weighted by Gasteiger charge is 2.12. The number of ether oxygens (including phenoxy) is 5. The Labute approximate surface area is 296 Å². The minimum atomic E-state index is -1.03. The number of carboxylic acids is 3. The maximum Gasteiger partial charge on any atom is 0.339 e. The Bertz CT molecular complexity index is 1380. The van der Waals surface area contributed by atoms with Gasteiger partial charge in [-0.05, 0) is 55.2 Å². The van der Waals surface area contributed by atoms with Crippen LogP contribution in [0.3, 0.4) is 0 Å². The van der Waals surface area contributed by atoms with Gasteiger partial charge in [-0.3, -0.25) is 0 Å². The molecule has 11 nitrogen and oxygen atoms in total. The summed E-state index contributed by atoms with van der Waals surface area (Å²) in [6.45, 7) is 8.30. The van der Waals surface area contributed by atoms with Crippen molar-refractivity contribution in [1.29, 1.82) is 0 Å². The molecule has 0 heterocycles. The van der Waals surface area contributed by atoms with E-state index >= 15 is 0 Å². The van der Waals surface area contributed by atoms with Gasteiger partial charge in [-0.1, -0.05) is 82.7 Å². The monoisotopic (exact) mass is 698 g/mol. The standard InChI is InChI=1S/C18H28O3.C13H18O6.C8H8O2/c1-3-4-5-6-7-8-11-15(2)14-21-17-13-10-9-12-16(17)18(19)20;1-16-3-5-18-11-7-10(13(14)15)8-12(9-11)19-6-4-17-2;1-6-4-2-3-5-7(6)8(9)10/h9-10,12-13,15H,3-8,11,14H2,1-2H3,(H,19,20);7-9H,3-6H2,1-2H3,(H,14,15);2-5H,1H3,(H,9,10). The van der Waals surface area contributed by atoms with Gasteiger partial charge in [0.1, 0.15) is 36.0 Å². The first kappa shape index (κ1) is 43.4. The molecule has 3 rings (SSSR count). The van der Waals surface area contributed by atoms with Crippen molar-refractivity contribution < 1.29 is 53.4 Å². The Morgan fingerprint density at radius 1 is 0.640 bits per heavy atom. The number of carboxylic acid groups (broad SMARTS) is 3. The second-order valence-corrected chi connectivity index (χ2v) is 11.6. The van der Waals surface area contributed by atoms with E-state index in [1.54, 1.807) is 69.7 Å². The number of hydrogen-bond acceptors (Lipinski definition) is 8. The number of methoxy groups -OCH3 is 2. The third-order valence-electron chi connectivity index (χ3n) is 7.31. The third kappa shape index (κ3) is 18.8. The second-order valence-electron chi connectivity index (χ2n) is 11.6. The number of aromatic carboxylic acids is 3. The number of para-hydroxylation sites is 1. The molecule has 3 aromatic carbocycles. The minimum absolute atomic E-state index is 0.113. The van der Waals surface area contributed by atoms with Crippen LogP contribution < -0.4 is 14.2 Å². The zero-order valence-electron chi connectivity index (χ0n) is 30.0. The summed E-state index contributed by atoms with van der Waals surface area (Å²) >= 11 is 0. The zero-order chi connectivity index (χ0) is 37.1. The Balaban J connectivity index is 0.000000397. The van der Waals surface area contributed by atoms with Crippen LogP contribution in [0.15, 0.2) is 66.7 Å². The van der Waals surface area contributed by atoms with Crippen molar-refractivity contribution in [3.8, 4) is 17.2 Å². The third-order valence-corrected chi connectivity index (χ3v) is 7.31. The van der Waals surface area contributed by atoms with Gasteiger partial charge in [-0.25, -0.2) is 14.4 Å². The Morgan fingerprint density at radius 3 is 1.66 bits per heavy atom. The van der Waals surface area contributed by atoms with Crippen LogP contribution in [0.4, 0.5) is 0 Å². The van der Waals surface area contributed by atoms with Crippen LogP contribution in [0.1, 0.15) is 95.4 Å². The van der Waals surface area contributed by atoms with Crippen LogP contribution in [0, 0.1) is 12.8 Å².